The third kappa shape index (κ3) is 66.1. The van der Waals surface area contributed by atoms with E-state index in [9.17, 15) is 0 Å². The van der Waals surface area contributed by atoms with Crippen molar-refractivity contribution < 1.29 is 49.1 Å². The molecule has 0 bridgehead atoms. The van der Waals surface area contributed by atoms with E-state index in [4.69, 9.17) is 4.79 Å². The van der Waals surface area contributed by atoms with E-state index in [0.717, 1.165) is 0 Å². The normalized spacial score (nSPS) is 0.667. The van der Waals surface area contributed by atoms with Crippen molar-refractivity contribution in [2.24, 2.45) is 0 Å². The Balaban J connectivity index is -0.000000000833. The fraction of sp³-hybridized carbons (Fsp3) is 0. The van der Waals surface area contributed by atoms with E-state index in [0.29, 0.717) is 0 Å². The molecule has 0 rings (SSSR count). The molecule has 0 fully saturated rings. The zero-order valence-electron chi connectivity index (χ0n) is 2.99. The van der Waals surface area contributed by atoms with Crippen LogP contribution in [0, 0.1) is 0 Å². The number of hydrogen-bond donors (Lipinski definition) is 0. The van der Waals surface area contributed by atoms with Gasteiger partial charge in [-0.05, 0) is 0 Å². The summed E-state index contributed by atoms with van der Waals surface area (Å²) in [6, 6.07) is 0. The first-order valence-electron chi connectivity index (χ1n) is 0.289. The van der Waals surface area contributed by atoms with Gasteiger partial charge in [-0.25, -0.2) is 0 Å². The van der Waals surface area contributed by atoms with E-state index in [2.05, 4.69) is 0 Å². The van der Waals surface area contributed by atoms with Gasteiger partial charge in [0.15, 0.2) is 0 Å². The first-order chi connectivity index (χ1) is 1.00. The molecule has 0 unspecified atom stereocenters. The molecule has 0 aromatic rings. The Morgan fingerprint density at radius 1 is 1.00 bits per heavy atom. The summed E-state index contributed by atoms with van der Waals surface area (Å²) in [7, 11) is 0. The summed E-state index contributed by atoms with van der Waals surface area (Å²) in [5.74, 6) is 0. The van der Waals surface area contributed by atoms with Crippen LogP contribution < -0.4 is 24.8 Å². The minimum absolute atomic E-state index is 0. The number of halogens is 3. The van der Waals surface area contributed by atoms with Crippen LogP contribution in [0.25, 0.3) is 0 Å². The predicted octanol–water partition coefficient (Wildman–Crippen LogP) is -5.76. The maximum Gasteiger partial charge on any atom is 2.00 e. The molecule has 6 heavy (non-hydrogen) atoms. The fourth-order valence-electron chi connectivity index (χ4n) is 0. The fourth-order valence-corrected chi connectivity index (χ4v) is 0. The van der Waals surface area contributed by atoms with E-state index < -0.39 is 0 Å². The summed E-state index contributed by atoms with van der Waals surface area (Å²) in [6.07, 6.45) is 0. The largest absolute Gasteiger partial charge is 2.00 e. The van der Waals surface area contributed by atoms with Gasteiger partial charge in [0.2, 0.25) is 0 Å². The van der Waals surface area contributed by atoms with E-state index in [1.165, 1.54) is 0 Å². The summed E-state index contributed by atoms with van der Waals surface area (Å²) < 4.78 is 0. The van der Waals surface area contributed by atoms with Gasteiger partial charge in [0.05, 0.1) is 0 Å². The van der Waals surface area contributed by atoms with Gasteiger partial charge in [-0.2, -0.15) is 0 Å². The van der Waals surface area contributed by atoms with E-state index in [1.807, 2.05) is 6.79 Å². The molecule has 5 heteroatoms. The second-order valence-corrected chi connectivity index (χ2v) is 0. The van der Waals surface area contributed by atoms with Gasteiger partial charge < -0.3 is 29.6 Å². The van der Waals surface area contributed by atoms with Crippen molar-refractivity contribution in [2.45, 2.75) is 0 Å². The SMILES string of the molecule is C=O.Cl.[Cl-].[Cl-].[Zn+2]. The maximum absolute atomic E-state index is 8.00. The molecule has 0 atom stereocenters. The smallest absolute Gasteiger partial charge is 1.00 e. The van der Waals surface area contributed by atoms with Crippen molar-refractivity contribution >= 4 is 19.2 Å². The molecule has 0 aliphatic carbocycles. The molecule has 0 saturated carbocycles. The summed E-state index contributed by atoms with van der Waals surface area (Å²) in [6.45, 7) is 2.00. The number of carbonyl (C=O) groups excluding carboxylic acids is 1. The summed E-state index contributed by atoms with van der Waals surface area (Å²) >= 11 is 0. The predicted molar refractivity (Wildman–Crippen MR) is 14.4 cm³/mol. The molecule has 0 spiro atoms. The molecule has 1 nitrogen and oxygen atoms in total. The Morgan fingerprint density at radius 2 is 1.00 bits per heavy atom. The monoisotopic (exact) mass is 200 g/mol. The number of rotatable bonds is 0. The van der Waals surface area contributed by atoms with Crippen molar-refractivity contribution in [3.8, 4) is 0 Å². The minimum Gasteiger partial charge on any atom is -1.00 e. The topological polar surface area (TPSA) is 17.1 Å². The van der Waals surface area contributed by atoms with Gasteiger partial charge in [0, 0.05) is 0 Å². The number of carbonyl (C=O) groups is 1. The summed E-state index contributed by atoms with van der Waals surface area (Å²) in [4.78, 5) is 8.00. The molecule has 0 radical (unpaired) electrons. The molecule has 0 aromatic carbocycles. The third-order valence-corrected chi connectivity index (χ3v) is 0. The zero-order chi connectivity index (χ0) is 2.00. The Morgan fingerprint density at radius 3 is 1.00 bits per heavy atom. The standard InChI is InChI=1S/CH2O.3ClH.Zn/c1-2;;;;/h1H2;3*1H;/q;;;;+2/p-2. The Labute approximate surface area is 68.2 Å². The Bertz CT molecular complexity index is 10.8. The van der Waals surface area contributed by atoms with E-state index in [-0.39, 0.29) is 56.7 Å². The van der Waals surface area contributed by atoms with Crippen LogP contribution >= 0.6 is 12.4 Å². The Kier molecular flexibility index (Phi) is 1180. The van der Waals surface area contributed by atoms with Crippen molar-refractivity contribution in [1.82, 2.24) is 0 Å². The van der Waals surface area contributed by atoms with E-state index in [1.54, 1.807) is 0 Å². The molecule has 0 aliphatic rings. The van der Waals surface area contributed by atoms with Gasteiger partial charge >= 0.3 is 19.5 Å². The second-order valence-electron chi connectivity index (χ2n) is 0. The van der Waals surface area contributed by atoms with Crippen LogP contribution in [0.1, 0.15) is 0 Å². The van der Waals surface area contributed by atoms with Crippen LogP contribution in [0.2, 0.25) is 0 Å². The average molecular weight is 203 g/mol. The van der Waals surface area contributed by atoms with Gasteiger partial charge in [-0.3, -0.25) is 0 Å². The molecule has 0 aliphatic heterocycles. The molecule has 0 aromatic heterocycles. The van der Waals surface area contributed by atoms with Gasteiger partial charge in [-0.15, -0.1) is 12.4 Å². The third-order valence-electron chi connectivity index (χ3n) is 0. The molecule has 0 saturated heterocycles. The molecule has 0 amide bonds. The van der Waals surface area contributed by atoms with E-state index >= 15 is 0 Å². The van der Waals surface area contributed by atoms with Gasteiger partial charge in [0.1, 0.15) is 6.79 Å². The second kappa shape index (κ2) is 121. The van der Waals surface area contributed by atoms with Crippen molar-refractivity contribution in [1.29, 1.82) is 0 Å². The quantitative estimate of drug-likeness (QED) is 0.358. The average Bonchev–Trinajstić information content (AvgIpc) is 1.00. The van der Waals surface area contributed by atoms with Gasteiger partial charge in [-0.1, -0.05) is 0 Å². The van der Waals surface area contributed by atoms with Crippen molar-refractivity contribution in [3.05, 3.63) is 0 Å². The minimum atomic E-state index is 0. The molecular weight excluding hydrogens is 200 g/mol. The van der Waals surface area contributed by atoms with Crippen LogP contribution in [0.3, 0.4) is 0 Å². The molecule has 0 heterocycles. The summed E-state index contributed by atoms with van der Waals surface area (Å²) in [5.41, 5.74) is 0. The first kappa shape index (κ1) is 58.1. The van der Waals surface area contributed by atoms with Crippen LogP contribution in [0.4, 0.5) is 0 Å². The molecule has 0 N–H and O–H groups in total. The maximum atomic E-state index is 8.00. The zero-order valence-corrected chi connectivity index (χ0v) is 8.28. The van der Waals surface area contributed by atoms with Gasteiger partial charge in [0.25, 0.3) is 0 Å². The van der Waals surface area contributed by atoms with Crippen molar-refractivity contribution in [2.75, 3.05) is 0 Å². The summed E-state index contributed by atoms with van der Waals surface area (Å²) in [5, 5.41) is 0. The van der Waals surface area contributed by atoms with Crippen molar-refractivity contribution in [3.63, 3.8) is 0 Å². The molecular formula is CH3Cl3OZn. The van der Waals surface area contributed by atoms with Crippen LogP contribution in [0.5, 0.6) is 0 Å². The van der Waals surface area contributed by atoms with Crippen LogP contribution in [-0.2, 0) is 24.3 Å². The van der Waals surface area contributed by atoms with Crippen LogP contribution in [0.15, 0.2) is 0 Å². The number of hydrogen-bond acceptors (Lipinski definition) is 1. The Hall–Kier alpha value is 1.16. The van der Waals surface area contributed by atoms with Crippen LogP contribution in [-0.4, -0.2) is 6.79 Å². The first-order valence-corrected chi connectivity index (χ1v) is 0.289. The molecule has 36 valence electrons.